The molecule has 0 atom stereocenters. The quantitative estimate of drug-likeness (QED) is 0.151. The summed E-state index contributed by atoms with van der Waals surface area (Å²) < 4.78 is 26.6. The van der Waals surface area contributed by atoms with Crippen LogP contribution in [0.3, 0.4) is 0 Å². The van der Waals surface area contributed by atoms with Crippen molar-refractivity contribution in [2.45, 2.75) is 0 Å². The van der Waals surface area contributed by atoms with E-state index in [0.29, 0.717) is 0 Å². The molecular formula is H11Na2O12P3. The van der Waals surface area contributed by atoms with E-state index in [4.69, 9.17) is 57.7 Å². The van der Waals surface area contributed by atoms with Crippen molar-refractivity contribution in [3.8, 4) is 0 Å². The van der Waals surface area contributed by atoms with E-state index in [1.54, 1.807) is 0 Å². The standard InChI is InChI=1S/2Na.3H3O4P.2H/c;;3*1-5(2,3)4;;/h;;3*(H3,1,2,3,4);;. The van der Waals surface area contributed by atoms with Crippen LogP contribution in [-0.4, -0.2) is 103 Å². The van der Waals surface area contributed by atoms with Gasteiger partial charge >= 0.3 is 82.6 Å². The van der Waals surface area contributed by atoms with Crippen molar-refractivity contribution in [1.29, 1.82) is 0 Å². The van der Waals surface area contributed by atoms with Crippen LogP contribution in [0.2, 0.25) is 0 Å². The van der Waals surface area contributed by atoms with E-state index in [9.17, 15) is 0 Å². The van der Waals surface area contributed by atoms with Gasteiger partial charge in [0.15, 0.2) is 0 Å². The van der Waals surface area contributed by atoms with Crippen LogP contribution >= 0.6 is 23.5 Å². The summed E-state index contributed by atoms with van der Waals surface area (Å²) in [5, 5.41) is 0. The fraction of sp³-hybridized carbons (Fsp3) is 0. The normalized spacial score (nSPS) is 10.4. The second-order valence-corrected chi connectivity index (χ2v) is 4.62. The van der Waals surface area contributed by atoms with Gasteiger partial charge in [0.1, 0.15) is 0 Å². The second kappa shape index (κ2) is 13.3. The molecule has 0 saturated heterocycles. The predicted octanol–water partition coefficient (Wildman–Crippen LogP) is -4.08. The van der Waals surface area contributed by atoms with Crippen molar-refractivity contribution in [2.75, 3.05) is 0 Å². The van der Waals surface area contributed by atoms with Crippen LogP contribution in [0.25, 0.3) is 0 Å². The second-order valence-electron chi connectivity index (χ2n) is 1.54. The first-order valence-electron chi connectivity index (χ1n) is 2.35. The summed E-state index contributed by atoms with van der Waals surface area (Å²) in [4.78, 5) is 64.7. The maximum absolute atomic E-state index is 8.88. The van der Waals surface area contributed by atoms with Crippen molar-refractivity contribution >= 4 is 82.6 Å². The van der Waals surface area contributed by atoms with Gasteiger partial charge < -0.3 is 44.0 Å². The topological polar surface area (TPSA) is 233 Å². The molecule has 12 nitrogen and oxygen atoms in total. The Morgan fingerprint density at radius 2 is 0.412 bits per heavy atom. The SMILES string of the molecule is O=P(O)(O)O.O=P(O)(O)O.O=P(O)(O)O.[NaH].[NaH]. The Bertz CT molecular complexity index is 206. The third kappa shape index (κ3) is 900. The molecule has 0 heterocycles. The molecule has 100 valence electrons. The zero-order valence-electron chi connectivity index (χ0n) is 6.59. The van der Waals surface area contributed by atoms with Crippen molar-refractivity contribution in [1.82, 2.24) is 0 Å². The molecule has 0 rings (SSSR count). The van der Waals surface area contributed by atoms with E-state index < -0.39 is 23.5 Å². The fourth-order valence-corrected chi connectivity index (χ4v) is 0. The fourth-order valence-electron chi connectivity index (χ4n) is 0. The third-order valence-electron chi connectivity index (χ3n) is 0. The van der Waals surface area contributed by atoms with Crippen molar-refractivity contribution in [3.63, 3.8) is 0 Å². The molecule has 17 heteroatoms. The van der Waals surface area contributed by atoms with Gasteiger partial charge in [0.05, 0.1) is 0 Å². The van der Waals surface area contributed by atoms with Crippen LogP contribution in [0.15, 0.2) is 0 Å². The molecule has 0 aliphatic carbocycles. The van der Waals surface area contributed by atoms with Gasteiger partial charge in [0, 0.05) is 0 Å². The molecule has 17 heavy (non-hydrogen) atoms. The van der Waals surface area contributed by atoms with Gasteiger partial charge in [-0.25, -0.2) is 13.7 Å². The molecule has 0 radical (unpaired) electrons. The van der Waals surface area contributed by atoms with Crippen LogP contribution in [0.1, 0.15) is 0 Å². The summed E-state index contributed by atoms with van der Waals surface area (Å²) in [6.07, 6.45) is 0. The summed E-state index contributed by atoms with van der Waals surface area (Å²) in [7, 11) is -13.9. The average Bonchev–Trinajstić information content (AvgIpc) is 1.41. The molecule has 0 fully saturated rings. The van der Waals surface area contributed by atoms with Crippen molar-refractivity contribution in [3.05, 3.63) is 0 Å². The Balaban J connectivity index is -0.0000000400. The Kier molecular flexibility index (Phi) is 24.8. The summed E-state index contributed by atoms with van der Waals surface area (Å²) in [6, 6.07) is 0. The monoisotopic (exact) mass is 342 g/mol. The summed E-state index contributed by atoms with van der Waals surface area (Å²) in [6.45, 7) is 0. The Morgan fingerprint density at radius 1 is 0.412 bits per heavy atom. The van der Waals surface area contributed by atoms with Gasteiger partial charge in [-0.05, 0) is 0 Å². The predicted molar refractivity (Wildman–Crippen MR) is 57.1 cm³/mol. The van der Waals surface area contributed by atoms with Gasteiger partial charge in [0.2, 0.25) is 0 Å². The molecule has 0 aliphatic heterocycles. The van der Waals surface area contributed by atoms with Crippen LogP contribution in [0, 0.1) is 0 Å². The van der Waals surface area contributed by atoms with Crippen LogP contribution < -0.4 is 0 Å². The molecular weight excluding hydrogens is 331 g/mol. The van der Waals surface area contributed by atoms with Gasteiger partial charge in [-0.15, -0.1) is 0 Å². The van der Waals surface area contributed by atoms with E-state index in [-0.39, 0.29) is 59.1 Å². The molecule has 0 aromatic heterocycles. The van der Waals surface area contributed by atoms with E-state index in [2.05, 4.69) is 0 Å². The van der Waals surface area contributed by atoms with Gasteiger partial charge in [0.25, 0.3) is 0 Å². The van der Waals surface area contributed by atoms with Crippen LogP contribution in [-0.2, 0) is 13.7 Å². The molecule has 0 unspecified atom stereocenters. The molecule has 0 saturated carbocycles. The Morgan fingerprint density at radius 3 is 0.412 bits per heavy atom. The number of phosphoric acid groups is 3. The first-order chi connectivity index (χ1) is 6.00. The zero-order valence-corrected chi connectivity index (χ0v) is 9.27. The van der Waals surface area contributed by atoms with Crippen molar-refractivity contribution in [2.24, 2.45) is 0 Å². The Labute approximate surface area is 139 Å². The maximum atomic E-state index is 8.88. The summed E-state index contributed by atoms with van der Waals surface area (Å²) in [5.74, 6) is 0. The van der Waals surface area contributed by atoms with Gasteiger partial charge in [-0.2, -0.15) is 0 Å². The zero-order chi connectivity index (χ0) is 13.5. The molecule has 0 aromatic carbocycles. The minimum atomic E-state index is -4.64. The van der Waals surface area contributed by atoms with E-state index in [0.717, 1.165) is 0 Å². The van der Waals surface area contributed by atoms with E-state index in [1.807, 2.05) is 0 Å². The van der Waals surface area contributed by atoms with Crippen LogP contribution in [0.5, 0.6) is 0 Å². The molecule has 0 aliphatic rings. The number of rotatable bonds is 0. The van der Waals surface area contributed by atoms with Crippen LogP contribution in [0.4, 0.5) is 0 Å². The number of hydrogen-bond acceptors (Lipinski definition) is 3. The molecule has 0 bridgehead atoms. The molecule has 0 amide bonds. The van der Waals surface area contributed by atoms with E-state index in [1.165, 1.54) is 0 Å². The average molecular weight is 342 g/mol. The molecule has 9 N–H and O–H groups in total. The van der Waals surface area contributed by atoms with E-state index >= 15 is 0 Å². The van der Waals surface area contributed by atoms with Crippen molar-refractivity contribution < 1.29 is 57.7 Å². The third-order valence-corrected chi connectivity index (χ3v) is 0. The van der Waals surface area contributed by atoms with Gasteiger partial charge in [-0.3, -0.25) is 0 Å². The first-order valence-corrected chi connectivity index (χ1v) is 7.04. The summed E-state index contributed by atoms with van der Waals surface area (Å²) in [5.41, 5.74) is 0. The first kappa shape index (κ1) is 31.6. The molecule has 0 spiro atoms. The van der Waals surface area contributed by atoms with Gasteiger partial charge in [-0.1, -0.05) is 0 Å². The number of hydrogen-bond donors (Lipinski definition) is 9. The molecule has 0 aromatic rings. The summed E-state index contributed by atoms with van der Waals surface area (Å²) >= 11 is 0. The minimum absolute atomic E-state index is 0. The Hall–Kier alpha value is 2.33.